The van der Waals surface area contributed by atoms with Crippen LogP contribution in [0, 0.1) is 11.3 Å². The molecule has 1 aromatic carbocycles. The minimum atomic E-state index is -0.414. The molecule has 2 aliphatic rings. The molecule has 152 valence electrons. The second kappa shape index (κ2) is 9.13. The standard InChI is InChI=1S/C22H35ClN2O2/c1-17-11-21(14-22(2,3)13-17)27-16-20(26)15-24-7-9-25(10-8-24)19-6-4-5-18(23)12-19/h4-6,12,17,20-21,26H,7-11,13-16H2,1-3H3/t17-,20+,21+/m1/s1. The average Bonchev–Trinajstić information content (AvgIpc) is 2.59. The third-order valence-corrected chi connectivity index (χ3v) is 6.12. The Morgan fingerprint density at radius 2 is 1.96 bits per heavy atom. The Bertz CT molecular complexity index is 602. The molecule has 1 heterocycles. The lowest BCUT2D eigenvalue weighted by Crippen LogP contribution is -2.49. The Morgan fingerprint density at radius 1 is 1.22 bits per heavy atom. The molecule has 4 nitrogen and oxygen atoms in total. The largest absolute Gasteiger partial charge is 0.389 e. The van der Waals surface area contributed by atoms with Crippen LogP contribution in [-0.4, -0.2) is 61.5 Å². The Labute approximate surface area is 169 Å². The van der Waals surface area contributed by atoms with E-state index in [0.29, 0.717) is 24.5 Å². The van der Waals surface area contributed by atoms with E-state index in [4.69, 9.17) is 16.3 Å². The van der Waals surface area contributed by atoms with Gasteiger partial charge in [-0.3, -0.25) is 4.90 Å². The Balaban J connectivity index is 1.39. The number of piperazine rings is 1. The van der Waals surface area contributed by atoms with E-state index in [1.165, 1.54) is 12.1 Å². The highest BCUT2D eigenvalue weighted by atomic mass is 35.5. The number of nitrogens with zero attached hydrogens (tertiary/aromatic N) is 2. The van der Waals surface area contributed by atoms with Crippen LogP contribution in [0.2, 0.25) is 5.02 Å². The zero-order valence-corrected chi connectivity index (χ0v) is 17.8. The second-order valence-electron chi connectivity index (χ2n) is 9.29. The molecule has 0 radical (unpaired) electrons. The van der Waals surface area contributed by atoms with E-state index in [-0.39, 0.29) is 6.10 Å². The summed E-state index contributed by atoms with van der Waals surface area (Å²) in [4.78, 5) is 4.69. The van der Waals surface area contributed by atoms with Gasteiger partial charge in [-0.25, -0.2) is 0 Å². The van der Waals surface area contributed by atoms with Gasteiger partial charge in [0.1, 0.15) is 0 Å². The van der Waals surface area contributed by atoms with Gasteiger partial charge in [-0.05, 0) is 48.8 Å². The van der Waals surface area contributed by atoms with E-state index >= 15 is 0 Å². The van der Waals surface area contributed by atoms with Crippen LogP contribution < -0.4 is 4.90 Å². The fraction of sp³-hybridized carbons (Fsp3) is 0.727. The van der Waals surface area contributed by atoms with Gasteiger partial charge in [0.25, 0.3) is 0 Å². The summed E-state index contributed by atoms with van der Waals surface area (Å²) in [6.45, 7) is 11.9. The summed E-state index contributed by atoms with van der Waals surface area (Å²) in [6.07, 6.45) is 3.37. The number of halogens is 1. The minimum absolute atomic E-state index is 0.290. The topological polar surface area (TPSA) is 35.9 Å². The molecule has 1 saturated heterocycles. The van der Waals surface area contributed by atoms with Crippen LogP contribution >= 0.6 is 11.6 Å². The molecule has 0 amide bonds. The van der Waals surface area contributed by atoms with Gasteiger partial charge in [0, 0.05) is 43.4 Å². The minimum Gasteiger partial charge on any atom is -0.389 e. The van der Waals surface area contributed by atoms with Gasteiger partial charge < -0.3 is 14.7 Å². The van der Waals surface area contributed by atoms with E-state index < -0.39 is 6.10 Å². The van der Waals surface area contributed by atoms with Crippen molar-refractivity contribution in [3.63, 3.8) is 0 Å². The van der Waals surface area contributed by atoms with Crippen molar-refractivity contribution in [3.05, 3.63) is 29.3 Å². The predicted octanol–water partition coefficient (Wildman–Crippen LogP) is 4.05. The monoisotopic (exact) mass is 394 g/mol. The molecule has 1 saturated carbocycles. The molecular formula is C22H35ClN2O2. The van der Waals surface area contributed by atoms with Gasteiger partial charge in [-0.1, -0.05) is 38.4 Å². The molecule has 0 unspecified atom stereocenters. The third-order valence-electron chi connectivity index (χ3n) is 5.89. The van der Waals surface area contributed by atoms with Crippen molar-refractivity contribution in [2.24, 2.45) is 11.3 Å². The van der Waals surface area contributed by atoms with Crippen LogP contribution in [0.4, 0.5) is 5.69 Å². The number of rotatable bonds is 6. The highest BCUT2D eigenvalue weighted by molar-refractivity contribution is 6.30. The van der Waals surface area contributed by atoms with Gasteiger partial charge in [-0.2, -0.15) is 0 Å². The predicted molar refractivity (Wildman–Crippen MR) is 113 cm³/mol. The smallest absolute Gasteiger partial charge is 0.0900 e. The molecule has 0 bridgehead atoms. The lowest BCUT2D eigenvalue weighted by molar-refractivity contribution is -0.0615. The lowest BCUT2D eigenvalue weighted by Gasteiger charge is -2.39. The first-order valence-corrected chi connectivity index (χ1v) is 10.7. The fourth-order valence-electron chi connectivity index (χ4n) is 4.84. The molecular weight excluding hydrogens is 360 g/mol. The maximum Gasteiger partial charge on any atom is 0.0900 e. The molecule has 27 heavy (non-hydrogen) atoms. The highest BCUT2D eigenvalue weighted by Crippen LogP contribution is 2.39. The SMILES string of the molecule is C[C@@H]1C[C@H](OC[C@@H](O)CN2CCN(c3cccc(Cl)c3)CC2)CC(C)(C)C1. The molecule has 1 aliphatic carbocycles. The molecule has 0 spiro atoms. The molecule has 1 N–H and O–H groups in total. The van der Waals surface area contributed by atoms with Crippen LogP contribution in [0.15, 0.2) is 24.3 Å². The molecule has 1 aromatic rings. The molecule has 3 rings (SSSR count). The van der Waals surface area contributed by atoms with Crippen molar-refractivity contribution in [1.82, 2.24) is 4.90 Å². The number of aliphatic hydroxyl groups excluding tert-OH is 1. The Morgan fingerprint density at radius 3 is 2.63 bits per heavy atom. The zero-order chi connectivity index (χ0) is 19.4. The molecule has 1 aliphatic heterocycles. The van der Waals surface area contributed by atoms with Crippen LogP contribution in [-0.2, 0) is 4.74 Å². The summed E-state index contributed by atoms with van der Waals surface area (Å²) in [5.74, 6) is 0.704. The number of hydrogen-bond donors (Lipinski definition) is 1. The van der Waals surface area contributed by atoms with E-state index in [1.54, 1.807) is 0 Å². The number of anilines is 1. The van der Waals surface area contributed by atoms with Gasteiger partial charge >= 0.3 is 0 Å². The van der Waals surface area contributed by atoms with Gasteiger partial charge in [0.2, 0.25) is 0 Å². The van der Waals surface area contributed by atoms with Crippen LogP contribution in [0.1, 0.15) is 40.0 Å². The summed E-state index contributed by atoms with van der Waals surface area (Å²) >= 11 is 6.10. The van der Waals surface area contributed by atoms with E-state index in [2.05, 4.69) is 36.6 Å². The molecule has 0 aromatic heterocycles. The van der Waals surface area contributed by atoms with Gasteiger partial charge in [-0.15, -0.1) is 0 Å². The highest BCUT2D eigenvalue weighted by Gasteiger charge is 2.32. The van der Waals surface area contributed by atoms with Crippen molar-refractivity contribution in [1.29, 1.82) is 0 Å². The average molecular weight is 395 g/mol. The van der Waals surface area contributed by atoms with E-state index in [0.717, 1.165) is 44.0 Å². The van der Waals surface area contributed by atoms with Crippen molar-refractivity contribution < 1.29 is 9.84 Å². The summed E-state index contributed by atoms with van der Waals surface area (Å²) < 4.78 is 6.09. The lowest BCUT2D eigenvalue weighted by atomic mass is 9.71. The van der Waals surface area contributed by atoms with Crippen molar-refractivity contribution in [2.45, 2.75) is 52.2 Å². The molecule has 2 fully saturated rings. The number of benzene rings is 1. The number of hydrogen-bond acceptors (Lipinski definition) is 4. The van der Waals surface area contributed by atoms with Gasteiger partial charge in [0.15, 0.2) is 0 Å². The van der Waals surface area contributed by atoms with Crippen LogP contribution in [0.25, 0.3) is 0 Å². The Kier molecular flexibility index (Phi) is 7.07. The van der Waals surface area contributed by atoms with E-state index in [9.17, 15) is 5.11 Å². The first kappa shape index (κ1) is 20.9. The van der Waals surface area contributed by atoms with Crippen molar-refractivity contribution in [2.75, 3.05) is 44.2 Å². The van der Waals surface area contributed by atoms with Gasteiger partial charge in [0.05, 0.1) is 18.8 Å². The van der Waals surface area contributed by atoms with Crippen LogP contribution in [0.5, 0.6) is 0 Å². The fourth-order valence-corrected chi connectivity index (χ4v) is 5.03. The zero-order valence-electron chi connectivity index (χ0n) is 17.0. The molecule has 3 atom stereocenters. The quantitative estimate of drug-likeness (QED) is 0.789. The summed E-state index contributed by atoms with van der Waals surface area (Å²) in [7, 11) is 0. The van der Waals surface area contributed by atoms with Crippen molar-refractivity contribution in [3.8, 4) is 0 Å². The number of β-amino-alcohol motifs (C(OH)–C–C–N with tert-alkyl or cyclic N) is 1. The Hall–Kier alpha value is -0.810. The first-order valence-electron chi connectivity index (χ1n) is 10.3. The second-order valence-corrected chi connectivity index (χ2v) is 9.73. The van der Waals surface area contributed by atoms with Crippen molar-refractivity contribution >= 4 is 17.3 Å². The maximum atomic E-state index is 10.4. The summed E-state index contributed by atoms with van der Waals surface area (Å²) in [6, 6.07) is 8.04. The normalized spacial score (nSPS) is 27.5. The maximum absolute atomic E-state index is 10.4. The first-order chi connectivity index (χ1) is 12.8. The number of ether oxygens (including phenoxy) is 1. The third kappa shape index (κ3) is 6.35. The number of aliphatic hydroxyl groups is 1. The van der Waals surface area contributed by atoms with E-state index in [1.807, 2.05) is 18.2 Å². The van der Waals surface area contributed by atoms with Crippen LogP contribution in [0.3, 0.4) is 0 Å². The molecule has 5 heteroatoms. The summed E-state index contributed by atoms with van der Waals surface area (Å²) in [5.41, 5.74) is 1.53. The summed E-state index contributed by atoms with van der Waals surface area (Å²) in [5, 5.41) is 11.2.